The zero-order chi connectivity index (χ0) is 13.5. The van der Waals surface area contributed by atoms with Gasteiger partial charge in [-0.3, -0.25) is 4.90 Å². The highest BCUT2D eigenvalue weighted by atomic mass is 32.1. The first-order valence-electron chi connectivity index (χ1n) is 6.94. The Morgan fingerprint density at radius 1 is 1.47 bits per heavy atom. The number of aliphatic hydroxyl groups is 1. The second kappa shape index (κ2) is 7.66. The summed E-state index contributed by atoms with van der Waals surface area (Å²) in [5.41, 5.74) is 6.45. The van der Waals surface area contributed by atoms with Gasteiger partial charge in [-0.15, -0.1) is 11.3 Å². The molecule has 2 rings (SSSR count). The Labute approximate surface area is 119 Å². The van der Waals surface area contributed by atoms with E-state index in [-0.39, 0.29) is 6.61 Å². The largest absolute Gasteiger partial charge is 0.396 e. The third-order valence-electron chi connectivity index (χ3n) is 3.54. The van der Waals surface area contributed by atoms with Crippen molar-refractivity contribution in [2.75, 3.05) is 19.7 Å². The Hall–Kier alpha value is -0.860. The van der Waals surface area contributed by atoms with Gasteiger partial charge in [0.2, 0.25) is 0 Å². The molecule has 3 N–H and O–H groups in total. The molecule has 0 aromatic carbocycles. The van der Waals surface area contributed by atoms with Crippen molar-refractivity contribution < 1.29 is 5.11 Å². The van der Waals surface area contributed by atoms with Crippen LogP contribution in [0, 0.1) is 11.8 Å². The summed E-state index contributed by atoms with van der Waals surface area (Å²) in [6.07, 6.45) is 4.81. The molecule has 0 atom stereocenters. The lowest BCUT2D eigenvalue weighted by Gasteiger charge is -2.37. The molecule has 1 aliphatic rings. The van der Waals surface area contributed by atoms with Crippen LogP contribution in [0.25, 0.3) is 0 Å². The number of thiophene rings is 1. The van der Waals surface area contributed by atoms with E-state index in [1.165, 1.54) is 24.1 Å². The average Bonchev–Trinajstić information content (AvgIpc) is 2.79. The molecule has 1 heterocycles. The van der Waals surface area contributed by atoms with Gasteiger partial charge in [0.25, 0.3) is 0 Å². The van der Waals surface area contributed by atoms with E-state index < -0.39 is 0 Å². The Morgan fingerprint density at radius 2 is 2.32 bits per heavy atom. The normalized spacial score (nSPS) is 15.1. The lowest BCUT2D eigenvalue weighted by molar-refractivity contribution is 0.110. The van der Waals surface area contributed by atoms with Gasteiger partial charge in [0.15, 0.2) is 0 Å². The van der Waals surface area contributed by atoms with Gasteiger partial charge in [0, 0.05) is 41.6 Å². The zero-order valence-electron chi connectivity index (χ0n) is 11.3. The molecule has 1 aromatic heterocycles. The number of nitrogens with two attached hydrogens (primary N) is 1. The molecule has 1 aliphatic carbocycles. The molecule has 3 nitrogen and oxygen atoms in total. The molecule has 0 amide bonds. The minimum absolute atomic E-state index is 0.279. The van der Waals surface area contributed by atoms with Crippen LogP contribution >= 0.6 is 11.3 Å². The van der Waals surface area contributed by atoms with Crippen molar-refractivity contribution in [2.24, 2.45) is 5.73 Å². The predicted molar refractivity (Wildman–Crippen MR) is 80.0 cm³/mol. The van der Waals surface area contributed by atoms with Crippen LogP contribution in [0.5, 0.6) is 0 Å². The minimum Gasteiger partial charge on any atom is -0.396 e. The quantitative estimate of drug-likeness (QED) is 0.780. The van der Waals surface area contributed by atoms with Crippen molar-refractivity contribution in [1.82, 2.24) is 4.90 Å². The van der Waals surface area contributed by atoms with Crippen LogP contribution < -0.4 is 5.73 Å². The van der Waals surface area contributed by atoms with Crippen molar-refractivity contribution in [1.29, 1.82) is 0 Å². The second-order valence-electron chi connectivity index (χ2n) is 4.94. The molecule has 0 aliphatic heterocycles. The molecule has 0 saturated heterocycles. The molecule has 0 bridgehead atoms. The summed E-state index contributed by atoms with van der Waals surface area (Å²) in [4.78, 5) is 3.86. The van der Waals surface area contributed by atoms with E-state index in [0.717, 1.165) is 25.1 Å². The van der Waals surface area contributed by atoms with Crippen molar-refractivity contribution in [2.45, 2.75) is 38.3 Å². The first-order valence-corrected chi connectivity index (χ1v) is 7.82. The SMILES string of the molecule is NCC#Cc1csc(CN(CCCO)C2CCC2)c1. The average molecular weight is 278 g/mol. The predicted octanol–water partition coefficient (Wildman–Crippen LogP) is 1.80. The van der Waals surface area contributed by atoms with E-state index >= 15 is 0 Å². The molecule has 0 spiro atoms. The van der Waals surface area contributed by atoms with Crippen LogP contribution in [-0.2, 0) is 6.54 Å². The van der Waals surface area contributed by atoms with Gasteiger partial charge in [-0.05, 0) is 25.3 Å². The summed E-state index contributed by atoms with van der Waals surface area (Å²) < 4.78 is 0. The smallest absolute Gasteiger partial charge is 0.0555 e. The number of hydrogen-bond donors (Lipinski definition) is 2. The standard InChI is InChI=1S/C15H22N2OS/c16-7-2-4-13-10-15(19-12-13)11-17(8-3-9-18)14-5-1-6-14/h10,12,14,18H,1,3,5-9,11,16H2. The van der Waals surface area contributed by atoms with Crippen molar-refractivity contribution >= 4 is 11.3 Å². The van der Waals surface area contributed by atoms with Crippen molar-refractivity contribution in [3.8, 4) is 11.8 Å². The van der Waals surface area contributed by atoms with Gasteiger partial charge in [0.1, 0.15) is 0 Å². The number of aliphatic hydroxyl groups excluding tert-OH is 1. The van der Waals surface area contributed by atoms with Crippen LogP contribution in [0.4, 0.5) is 0 Å². The molecule has 1 aromatic rings. The van der Waals surface area contributed by atoms with Crippen LogP contribution in [-0.4, -0.2) is 35.7 Å². The molecule has 1 saturated carbocycles. The highest BCUT2D eigenvalue weighted by Gasteiger charge is 2.24. The third-order valence-corrected chi connectivity index (χ3v) is 4.46. The van der Waals surface area contributed by atoms with E-state index in [1.807, 2.05) is 0 Å². The molecule has 4 heteroatoms. The highest BCUT2D eigenvalue weighted by molar-refractivity contribution is 7.10. The maximum absolute atomic E-state index is 9.00. The first kappa shape index (κ1) is 14.5. The Balaban J connectivity index is 1.93. The van der Waals surface area contributed by atoms with Crippen LogP contribution in [0.2, 0.25) is 0 Å². The lowest BCUT2D eigenvalue weighted by Crippen LogP contribution is -2.40. The summed E-state index contributed by atoms with van der Waals surface area (Å²) >= 11 is 1.77. The molecule has 19 heavy (non-hydrogen) atoms. The van der Waals surface area contributed by atoms with Crippen molar-refractivity contribution in [3.63, 3.8) is 0 Å². The summed E-state index contributed by atoms with van der Waals surface area (Å²) in [6, 6.07) is 2.88. The fourth-order valence-corrected chi connectivity index (χ4v) is 3.14. The van der Waals surface area contributed by atoms with Crippen LogP contribution in [0.1, 0.15) is 36.1 Å². The zero-order valence-corrected chi connectivity index (χ0v) is 12.1. The minimum atomic E-state index is 0.279. The Bertz CT molecular complexity index is 442. The van der Waals surface area contributed by atoms with Gasteiger partial charge in [-0.1, -0.05) is 18.3 Å². The number of nitrogens with zero attached hydrogens (tertiary/aromatic N) is 1. The maximum Gasteiger partial charge on any atom is 0.0555 e. The highest BCUT2D eigenvalue weighted by Crippen LogP contribution is 2.27. The van der Waals surface area contributed by atoms with Gasteiger partial charge in [0.05, 0.1) is 6.54 Å². The fourth-order valence-electron chi connectivity index (χ4n) is 2.30. The Kier molecular flexibility index (Phi) is 5.87. The molecule has 0 radical (unpaired) electrons. The van der Waals surface area contributed by atoms with E-state index in [2.05, 4.69) is 28.2 Å². The molecule has 1 fully saturated rings. The summed E-state index contributed by atoms with van der Waals surface area (Å²) in [5.74, 6) is 5.96. The summed E-state index contributed by atoms with van der Waals surface area (Å²) in [7, 11) is 0. The van der Waals surface area contributed by atoms with Crippen molar-refractivity contribution in [3.05, 3.63) is 21.9 Å². The molecular formula is C15H22N2OS. The monoisotopic (exact) mass is 278 g/mol. The van der Waals surface area contributed by atoms with E-state index in [1.54, 1.807) is 11.3 Å². The summed E-state index contributed by atoms with van der Waals surface area (Å²) in [6.45, 7) is 2.67. The van der Waals surface area contributed by atoms with E-state index in [0.29, 0.717) is 12.6 Å². The third kappa shape index (κ3) is 4.32. The maximum atomic E-state index is 9.00. The van der Waals surface area contributed by atoms with Gasteiger partial charge < -0.3 is 10.8 Å². The lowest BCUT2D eigenvalue weighted by atomic mass is 9.91. The molecular weight excluding hydrogens is 256 g/mol. The Morgan fingerprint density at radius 3 is 2.95 bits per heavy atom. The van der Waals surface area contributed by atoms with Crippen LogP contribution in [0.15, 0.2) is 11.4 Å². The fraction of sp³-hybridized carbons (Fsp3) is 0.600. The first-order chi connectivity index (χ1) is 9.33. The van der Waals surface area contributed by atoms with E-state index in [9.17, 15) is 0 Å². The van der Waals surface area contributed by atoms with Gasteiger partial charge in [-0.2, -0.15) is 0 Å². The van der Waals surface area contributed by atoms with Gasteiger partial charge >= 0.3 is 0 Å². The van der Waals surface area contributed by atoms with Gasteiger partial charge in [-0.25, -0.2) is 0 Å². The topological polar surface area (TPSA) is 49.5 Å². The molecule has 0 unspecified atom stereocenters. The molecule has 104 valence electrons. The van der Waals surface area contributed by atoms with E-state index in [4.69, 9.17) is 10.8 Å². The second-order valence-corrected chi connectivity index (χ2v) is 5.94. The van der Waals surface area contributed by atoms with Crippen LogP contribution in [0.3, 0.4) is 0 Å². The number of rotatable bonds is 6. The summed E-state index contributed by atoms with van der Waals surface area (Å²) in [5, 5.41) is 11.1. The number of hydrogen-bond acceptors (Lipinski definition) is 4.